The lowest BCUT2D eigenvalue weighted by Gasteiger charge is -2.38. The number of halogens is 1. The molecular weight excluding hydrogens is 542 g/mol. The highest BCUT2D eigenvalue weighted by atomic mass is 35.5. The minimum absolute atomic E-state index is 0.141. The van der Waals surface area contributed by atoms with Crippen LogP contribution in [0, 0.1) is 18.8 Å². The number of amides is 3. The summed E-state index contributed by atoms with van der Waals surface area (Å²) in [5.74, 6) is -2.59. The Morgan fingerprint density at radius 2 is 1.66 bits per heavy atom. The van der Waals surface area contributed by atoms with E-state index in [-0.39, 0.29) is 37.4 Å². The summed E-state index contributed by atoms with van der Waals surface area (Å²) in [5.41, 5.74) is -0.280. The molecule has 0 saturated carbocycles. The number of aryl methyl sites for hydroxylation is 1. The summed E-state index contributed by atoms with van der Waals surface area (Å²) in [6.07, 6.45) is 8.29. The summed E-state index contributed by atoms with van der Waals surface area (Å²) >= 11 is 6.62. The minimum Gasteiger partial charge on any atom is -0.396 e. The van der Waals surface area contributed by atoms with Crippen LogP contribution in [0.1, 0.15) is 25.3 Å². The lowest BCUT2D eigenvalue weighted by Crippen LogP contribution is -2.56. The zero-order chi connectivity index (χ0) is 28.9. The normalized spacial score (nSPS) is 30.8. The first-order valence-corrected chi connectivity index (χ1v) is 14.6. The average molecular weight is 576 g/mol. The summed E-state index contributed by atoms with van der Waals surface area (Å²) < 4.78 is 7.00. The van der Waals surface area contributed by atoms with Gasteiger partial charge in [0.2, 0.25) is 11.8 Å². The molecule has 1 N–H and O–H groups in total. The number of aliphatic hydroxyl groups excluding tert-OH is 1. The van der Waals surface area contributed by atoms with E-state index in [4.69, 9.17) is 16.3 Å². The van der Waals surface area contributed by atoms with Gasteiger partial charge in [-0.3, -0.25) is 14.4 Å². The van der Waals surface area contributed by atoms with Crippen molar-refractivity contribution in [2.75, 3.05) is 36.0 Å². The second kappa shape index (κ2) is 10.4. The maximum Gasteiger partial charge on any atom is 0.253 e. The Hall–Kier alpha value is -3.46. The number of aliphatic hydroxyl groups is 1. The Labute approximate surface area is 244 Å². The number of anilines is 2. The number of nitrogens with zero attached hydrogens (tertiary/aromatic N) is 3. The average Bonchev–Trinajstić information content (AvgIpc) is 3.25. The zero-order valence-electron chi connectivity index (χ0n) is 23.2. The van der Waals surface area contributed by atoms with Crippen molar-refractivity contribution in [1.29, 1.82) is 0 Å². The second-order valence-electron chi connectivity index (χ2n) is 11.2. The summed E-state index contributed by atoms with van der Waals surface area (Å²) in [7, 11) is 0. The Morgan fingerprint density at radius 1 is 0.927 bits per heavy atom. The lowest BCUT2D eigenvalue weighted by molar-refractivity contribution is -0.145. The third-order valence-corrected chi connectivity index (χ3v) is 9.33. The van der Waals surface area contributed by atoms with Gasteiger partial charge in [-0.15, -0.1) is 0 Å². The van der Waals surface area contributed by atoms with Crippen molar-refractivity contribution in [2.45, 2.75) is 43.9 Å². The van der Waals surface area contributed by atoms with Gasteiger partial charge in [0.15, 0.2) is 0 Å². The number of likely N-dealkylation sites (tertiary alicyclic amines) is 1. The number of hydrogen-bond donors (Lipinski definition) is 1. The third-order valence-electron chi connectivity index (χ3n) is 9.02. The number of fused-ring (bicyclic) bond motifs is 2. The molecule has 2 aromatic carbocycles. The molecule has 6 rings (SSSR count). The molecule has 41 heavy (non-hydrogen) atoms. The molecule has 0 bridgehead atoms. The van der Waals surface area contributed by atoms with Crippen molar-refractivity contribution in [3.05, 3.63) is 83.4 Å². The Balaban J connectivity index is 1.50. The van der Waals surface area contributed by atoms with Crippen LogP contribution in [-0.4, -0.2) is 71.2 Å². The molecular formula is C32H34ClN3O5. The topological polar surface area (TPSA) is 90.4 Å². The van der Waals surface area contributed by atoms with E-state index in [9.17, 15) is 19.5 Å². The van der Waals surface area contributed by atoms with E-state index in [0.717, 1.165) is 11.3 Å². The van der Waals surface area contributed by atoms with Gasteiger partial charge in [-0.25, -0.2) is 0 Å². The van der Waals surface area contributed by atoms with Gasteiger partial charge in [-0.05, 0) is 43.5 Å². The summed E-state index contributed by atoms with van der Waals surface area (Å²) in [5, 5.41) is 10.1. The van der Waals surface area contributed by atoms with Gasteiger partial charge in [-0.1, -0.05) is 73.2 Å². The maximum absolute atomic E-state index is 14.6. The quantitative estimate of drug-likeness (QED) is 0.528. The van der Waals surface area contributed by atoms with Gasteiger partial charge < -0.3 is 24.5 Å². The zero-order valence-corrected chi connectivity index (χ0v) is 24.0. The Morgan fingerprint density at radius 3 is 2.37 bits per heavy atom. The predicted octanol–water partition coefficient (Wildman–Crippen LogP) is 3.90. The molecule has 3 amide bonds. The molecule has 0 aliphatic carbocycles. The second-order valence-corrected chi connectivity index (χ2v) is 11.6. The minimum atomic E-state index is -1.37. The van der Waals surface area contributed by atoms with Crippen molar-refractivity contribution in [3.63, 3.8) is 0 Å². The van der Waals surface area contributed by atoms with E-state index in [1.165, 1.54) is 4.90 Å². The van der Waals surface area contributed by atoms with E-state index in [2.05, 4.69) is 0 Å². The first-order chi connectivity index (χ1) is 19.8. The number of para-hydroxylation sites is 2. The number of carbonyl (C=O) groups excluding carboxylic acids is 3. The fraction of sp³-hybridized carbons (Fsp3) is 0.406. The number of hydrogen-bond acceptors (Lipinski definition) is 5. The summed E-state index contributed by atoms with van der Waals surface area (Å²) in [4.78, 5) is 48.3. The van der Waals surface area contributed by atoms with Crippen LogP contribution >= 0.6 is 11.6 Å². The maximum atomic E-state index is 14.6. The van der Waals surface area contributed by atoms with Crippen LogP contribution < -0.4 is 9.80 Å². The molecule has 1 spiro atoms. The number of ether oxygens (including phenoxy) is 1. The summed E-state index contributed by atoms with van der Waals surface area (Å²) in [6, 6.07) is 13.8. The van der Waals surface area contributed by atoms with Crippen LogP contribution in [0.25, 0.3) is 0 Å². The monoisotopic (exact) mass is 575 g/mol. The number of rotatable bonds is 6. The fourth-order valence-corrected chi connectivity index (χ4v) is 7.57. The van der Waals surface area contributed by atoms with Crippen LogP contribution in [0.4, 0.5) is 11.4 Å². The van der Waals surface area contributed by atoms with Gasteiger partial charge in [0.1, 0.15) is 11.6 Å². The lowest BCUT2D eigenvalue weighted by atomic mass is 9.73. The van der Waals surface area contributed by atoms with Crippen LogP contribution in [-0.2, 0) is 19.1 Å². The van der Waals surface area contributed by atoms with E-state index in [1.54, 1.807) is 15.9 Å². The van der Waals surface area contributed by atoms with E-state index < -0.39 is 29.1 Å². The van der Waals surface area contributed by atoms with Gasteiger partial charge in [0, 0.05) is 31.9 Å². The predicted molar refractivity (Wildman–Crippen MR) is 157 cm³/mol. The summed E-state index contributed by atoms with van der Waals surface area (Å²) in [6.45, 7) is 4.45. The van der Waals surface area contributed by atoms with Gasteiger partial charge in [-0.2, -0.15) is 0 Å². The smallest absolute Gasteiger partial charge is 0.253 e. The van der Waals surface area contributed by atoms with Crippen LogP contribution in [0.5, 0.6) is 0 Å². The first kappa shape index (κ1) is 27.7. The third kappa shape index (κ3) is 4.07. The molecule has 2 aromatic rings. The number of benzene rings is 2. The van der Waals surface area contributed by atoms with Crippen molar-refractivity contribution in [1.82, 2.24) is 4.90 Å². The largest absolute Gasteiger partial charge is 0.396 e. The first-order valence-electron chi connectivity index (χ1n) is 14.2. The van der Waals surface area contributed by atoms with Crippen molar-refractivity contribution < 1.29 is 24.2 Å². The molecule has 9 heteroatoms. The molecule has 0 radical (unpaired) electrons. The van der Waals surface area contributed by atoms with Crippen LogP contribution in [0.3, 0.4) is 0 Å². The van der Waals surface area contributed by atoms with Gasteiger partial charge in [0.25, 0.3) is 5.91 Å². The molecule has 8 nitrogen and oxygen atoms in total. The van der Waals surface area contributed by atoms with Gasteiger partial charge in [0.05, 0.1) is 28.1 Å². The standard InChI is InChI=1S/C32H34ClN3O5/c1-3-31-15-8-17-34(22-12-5-4-6-13-22)28(38)24(31)25-29(39)36(19-10-20-37)27-30(40)35(18-9-16-32(25,27)41-31)26-21(2)11-7-14-23(26)33/h4-9,11-16,24-25,27,37H,3,10,17-20H2,1-2H3/t24-,25-,27?,31+,32-/m0/s1. The number of carbonyl (C=O) groups is 3. The molecule has 4 heterocycles. The molecule has 5 atom stereocenters. The van der Waals surface area contributed by atoms with Gasteiger partial charge >= 0.3 is 0 Å². The van der Waals surface area contributed by atoms with E-state index in [0.29, 0.717) is 30.1 Å². The molecule has 4 aliphatic rings. The van der Waals surface area contributed by atoms with Crippen molar-refractivity contribution in [2.24, 2.45) is 11.8 Å². The van der Waals surface area contributed by atoms with E-state index in [1.807, 2.05) is 80.6 Å². The highest BCUT2D eigenvalue weighted by Gasteiger charge is 2.75. The molecule has 2 saturated heterocycles. The highest BCUT2D eigenvalue weighted by Crippen LogP contribution is 2.59. The molecule has 0 aromatic heterocycles. The Bertz CT molecular complexity index is 1420. The SMILES string of the molecule is CC[C@@]12C=CCN(c3ccccc3)C(=O)[C@@H]1[C@H]1C(=O)N(CCCO)C3C(=O)N(c4c(C)cccc4Cl)CC=C[C@@]31O2. The molecule has 4 aliphatic heterocycles. The molecule has 1 unspecified atom stereocenters. The Kier molecular flexibility index (Phi) is 7.04. The fourth-order valence-electron chi connectivity index (χ4n) is 7.25. The highest BCUT2D eigenvalue weighted by molar-refractivity contribution is 6.34. The molecule has 2 fully saturated rings. The molecule has 214 valence electrons. The van der Waals surface area contributed by atoms with Crippen molar-refractivity contribution >= 4 is 40.7 Å². The van der Waals surface area contributed by atoms with Crippen molar-refractivity contribution in [3.8, 4) is 0 Å². The van der Waals surface area contributed by atoms with Crippen LogP contribution in [0.2, 0.25) is 5.02 Å². The van der Waals surface area contributed by atoms with Crippen LogP contribution in [0.15, 0.2) is 72.8 Å². The van der Waals surface area contributed by atoms with E-state index >= 15 is 0 Å².